The summed E-state index contributed by atoms with van der Waals surface area (Å²) >= 11 is 0. The fourth-order valence-corrected chi connectivity index (χ4v) is 10.2. The Morgan fingerprint density at radius 1 is 0.640 bits per heavy atom. The molecule has 1 aliphatic carbocycles. The summed E-state index contributed by atoms with van der Waals surface area (Å²) < 4.78 is 0. The van der Waals surface area contributed by atoms with Crippen LogP contribution in [0.4, 0.5) is 0 Å². The van der Waals surface area contributed by atoms with Crippen molar-refractivity contribution in [3.8, 4) is 33.6 Å². The molecule has 0 amide bonds. The van der Waals surface area contributed by atoms with Gasteiger partial charge in [0, 0.05) is 32.5 Å². The number of benzene rings is 4. The fourth-order valence-electron chi connectivity index (χ4n) is 7.16. The number of hydrogen-bond donors (Lipinski definition) is 0. The molecule has 50 heavy (non-hydrogen) atoms. The van der Waals surface area contributed by atoms with Crippen LogP contribution in [0.3, 0.4) is 0 Å². The minimum absolute atomic E-state index is 0. The van der Waals surface area contributed by atoms with Crippen molar-refractivity contribution in [2.45, 2.75) is 77.8 Å². The van der Waals surface area contributed by atoms with E-state index in [1.807, 2.05) is 18.2 Å². The maximum atomic E-state index is 4.86. The second kappa shape index (κ2) is 16.7. The number of nitrogens with zero attached hydrogens (tertiary/aromatic N) is 2. The first-order valence-electron chi connectivity index (χ1n) is 18.0. The van der Waals surface area contributed by atoms with Crippen LogP contribution in [0.2, 0.25) is 39.3 Å². The minimum atomic E-state index is -1.51. The summed E-state index contributed by atoms with van der Waals surface area (Å²) in [5.41, 5.74) is 8.37. The zero-order chi connectivity index (χ0) is 34.4. The van der Waals surface area contributed by atoms with Crippen molar-refractivity contribution in [1.82, 2.24) is 9.97 Å². The van der Waals surface area contributed by atoms with Crippen LogP contribution in [0.5, 0.6) is 0 Å². The third kappa shape index (κ3) is 9.24. The summed E-state index contributed by atoms with van der Waals surface area (Å²) in [5.74, 6) is 0.869. The van der Waals surface area contributed by atoms with Crippen molar-refractivity contribution >= 4 is 37.3 Å². The first kappa shape index (κ1) is 37.8. The Labute approximate surface area is 316 Å². The summed E-state index contributed by atoms with van der Waals surface area (Å²) in [4.78, 5) is 9.63. The second-order valence-corrected chi connectivity index (χ2v) is 25.7. The maximum absolute atomic E-state index is 4.86. The van der Waals surface area contributed by atoms with Crippen molar-refractivity contribution in [1.29, 1.82) is 0 Å². The molecule has 2 nitrogen and oxygen atoms in total. The zero-order valence-electron chi connectivity index (χ0n) is 30.5. The number of rotatable bonds is 7. The van der Waals surface area contributed by atoms with Crippen LogP contribution in [-0.2, 0) is 26.5 Å². The molecule has 1 fully saturated rings. The van der Waals surface area contributed by atoms with E-state index in [0.29, 0.717) is 0 Å². The largest absolute Gasteiger partial charge is 0.305 e. The van der Waals surface area contributed by atoms with Gasteiger partial charge in [-0.25, -0.2) is 0 Å². The van der Waals surface area contributed by atoms with E-state index < -0.39 is 16.1 Å². The Morgan fingerprint density at radius 3 is 2.00 bits per heavy atom. The van der Waals surface area contributed by atoms with Gasteiger partial charge in [-0.2, -0.15) is 0 Å². The molecule has 0 saturated heterocycles. The van der Waals surface area contributed by atoms with Gasteiger partial charge in [0.15, 0.2) is 0 Å². The first-order chi connectivity index (χ1) is 23.6. The predicted octanol–water partition coefficient (Wildman–Crippen LogP) is 11.1. The molecule has 0 aliphatic heterocycles. The standard InChI is InChI=1S/C24H22NSi.C21H28NSi.Ir/c1-26(2,3)24-17-25-23(16-22(24)19-10-5-4-6-11-19)21-15-9-13-18-12-7-8-14-20(18)21;1-23(2,3)21-16-22-20(18-12-8-5-9-13-18)15-19(21)14-17-10-6-4-7-11-17;/h4-14,16-17H,1-3H3;5,8-9,12,15-17H,4,6-7,10-11,14H2,1-3H3;/q2*-1;. The number of fused-ring (bicyclic) bond motifs is 1. The zero-order valence-corrected chi connectivity index (χ0v) is 34.9. The van der Waals surface area contributed by atoms with Gasteiger partial charge in [-0.15, -0.1) is 65.0 Å². The van der Waals surface area contributed by atoms with E-state index >= 15 is 0 Å². The van der Waals surface area contributed by atoms with Crippen molar-refractivity contribution in [3.05, 3.63) is 133 Å². The van der Waals surface area contributed by atoms with E-state index in [4.69, 9.17) is 9.97 Å². The van der Waals surface area contributed by atoms with Crippen LogP contribution in [-0.4, -0.2) is 26.1 Å². The quantitative estimate of drug-likeness (QED) is 0.118. The van der Waals surface area contributed by atoms with Crippen LogP contribution in [0.1, 0.15) is 37.7 Å². The molecule has 5 heteroatoms. The van der Waals surface area contributed by atoms with Crippen LogP contribution in [0, 0.1) is 18.1 Å². The summed E-state index contributed by atoms with van der Waals surface area (Å²) in [6, 6.07) is 42.7. The van der Waals surface area contributed by atoms with Gasteiger partial charge in [0.1, 0.15) is 0 Å². The molecule has 7 rings (SSSR count). The van der Waals surface area contributed by atoms with Crippen LogP contribution >= 0.6 is 0 Å². The smallest absolute Gasteiger partial charge is 0.0803 e. The van der Waals surface area contributed by atoms with Gasteiger partial charge in [0.25, 0.3) is 0 Å². The SMILES string of the molecule is C[Si](C)(C)c1cnc(-c2[c-]ccc3ccccc23)cc1-c1ccccc1.C[Si](C)(C)c1cnc(-c2[c-]cccc2)cc1CC1CCCCC1.[Ir]. The Morgan fingerprint density at radius 2 is 1.30 bits per heavy atom. The summed E-state index contributed by atoms with van der Waals surface area (Å²) in [5, 5.41) is 5.36. The molecule has 4 aromatic carbocycles. The molecule has 1 aliphatic rings. The average Bonchev–Trinajstić information content (AvgIpc) is 3.12. The Balaban J connectivity index is 0.000000192. The minimum Gasteiger partial charge on any atom is -0.305 e. The second-order valence-electron chi connectivity index (χ2n) is 15.6. The Bertz CT molecular complexity index is 1990. The van der Waals surface area contributed by atoms with E-state index in [9.17, 15) is 0 Å². The van der Waals surface area contributed by atoms with E-state index in [-0.39, 0.29) is 20.1 Å². The van der Waals surface area contributed by atoms with E-state index in [1.165, 1.54) is 65.6 Å². The molecule has 1 saturated carbocycles. The third-order valence-electron chi connectivity index (χ3n) is 9.79. The van der Waals surface area contributed by atoms with Gasteiger partial charge >= 0.3 is 0 Å². The molecule has 2 heterocycles. The van der Waals surface area contributed by atoms with Crippen LogP contribution < -0.4 is 10.4 Å². The predicted molar refractivity (Wildman–Crippen MR) is 216 cm³/mol. The monoisotopic (exact) mass is 867 g/mol. The average molecular weight is 867 g/mol. The van der Waals surface area contributed by atoms with Crippen molar-refractivity contribution in [2.24, 2.45) is 5.92 Å². The molecular weight excluding hydrogens is 817 g/mol. The van der Waals surface area contributed by atoms with Gasteiger partial charge in [-0.3, -0.25) is 0 Å². The first-order valence-corrected chi connectivity index (χ1v) is 25.0. The van der Waals surface area contributed by atoms with Crippen molar-refractivity contribution in [3.63, 3.8) is 0 Å². The molecule has 2 aromatic heterocycles. The molecule has 0 atom stereocenters. The maximum Gasteiger partial charge on any atom is 0.0803 e. The number of aromatic nitrogens is 2. The van der Waals surface area contributed by atoms with E-state index in [2.05, 4.69) is 149 Å². The van der Waals surface area contributed by atoms with Gasteiger partial charge in [0.2, 0.25) is 0 Å². The van der Waals surface area contributed by atoms with E-state index in [1.54, 1.807) is 10.8 Å². The number of hydrogen-bond acceptors (Lipinski definition) is 2. The Kier molecular flexibility index (Phi) is 12.6. The van der Waals surface area contributed by atoms with Crippen LogP contribution in [0.15, 0.2) is 116 Å². The summed E-state index contributed by atoms with van der Waals surface area (Å²) in [7, 11) is -2.87. The molecule has 0 unspecified atom stereocenters. The van der Waals surface area contributed by atoms with Crippen molar-refractivity contribution in [2.75, 3.05) is 0 Å². The fraction of sp³-hybridized carbons (Fsp3) is 0.289. The molecule has 0 bridgehead atoms. The molecule has 1 radical (unpaired) electrons. The topological polar surface area (TPSA) is 25.8 Å². The van der Waals surface area contributed by atoms with Crippen molar-refractivity contribution < 1.29 is 20.1 Å². The Hall–Kier alpha value is -3.48. The molecule has 0 N–H and O–H groups in total. The molecule has 259 valence electrons. The van der Waals surface area contributed by atoms with E-state index in [0.717, 1.165) is 28.4 Å². The van der Waals surface area contributed by atoms with Crippen LogP contribution in [0.25, 0.3) is 44.4 Å². The van der Waals surface area contributed by atoms with Gasteiger partial charge in [-0.05, 0) is 45.2 Å². The van der Waals surface area contributed by atoms with Gasteiger partial charge < -0.3 is 9.97 Å². The number of pyridine rings is 2. The molecule has 6 aromatic rings. The van der Waals surface area contributed by atoms with Gasteiger partial charge in [0.05, 0.1) is 16.1 Å². The third-order valence-corrected chi connectivity index (χ3v) is 13.9. The summed E-state index contributed by atoms with van der Waals surface area (Å²) in [6.45, 7) is 14.4. The summed E-state index contributed by atoms with van der Waals surface area (Å²) in [6.07, 6.45) is 12.6. The van der Waals surface area contributed by atoms with Gasteiger partial charge in [-0.1, -0.05) is 149 Å². The normalized spacial score (nSPS) is 13.6. The molecular formula is C45H50IrN2Si2-2. The molecule has 0 spiro atoms.